The van der Waals surface area contributed by atoms with Crippen molar-refractivity contribution in [1.82, 2.24) is 10.3 Å². The number of hydrogen-bond donors (Lipinski definition) is 2. The average molecular weight is 275 g/mol. The summed E-state index contributed by atoms with van der Waals surface area (Å²) in [6.07, 6.45) is -3.26. The molecule has 3 N–H and O–H groups in total. The highest BCUT2D eigenvalue weighted by Crippen LogP contribution is 2.21. The molecule has 0 aliphatic rings. The third-order valence-electron chi connectivity index (χ3n) is 2.53. The van der Waals surface area contributed by atoms with Crippen molar-refractivity contribution in [2.75, 3.05) is 12.3 Å². The van der Waals surface area contributed by atoms with E-state index in [0.717, 1.165) is 0 Å². The van der Waals surface area contributed by atoms with Gasteiger partial charge in [0.1, 0.15) is 0 Å². The van der Waals surface area contributed by atoms with Crippen molar-refractivity contribution in [3.8, 4) is 0 Å². The molecule has 0 fully saturated rings. The number of anilines is 1. The standard InChI is InChI=1S/C12H16F3N3O/c1-8-10(6-9(16)7-18-8)11(19)17-5-3-2-4-12(13,14)15/h6-7H,2-5,16H2,1H3,(H,17,19). The fraction of sp³-hybridized carbons (Fsp3) is 0.500. The molecule has 19 heavy (non-hydrogen) atoms. The largest absolute Gasteiger partial charge is 0.397 e. The molecule has 0 bridgehead atoms. The average Bonchev–Trinajstić information content (AvgIpc) is 2.30. The van der Waals surface area contributed by atoms with Gasteiger partial charge in [0.15, 0.2) is 0 Å². The second-order valence-electron chi connectivity index (χ2n) is 4.23. The highest BCUT2D eigenvalue weighted by atomic mass is 19.4. The lowest BCUT2D eigenvalue weighted by molar-refractivity contribution is -0.135. The maximum Gasteiger partial charge on any atom is 0.389 e. The summed E-state index contributed by atoms with van der Waals surface area (Å²) in [7, 11) is 0. The normalized spacial score (nSPS) is 11.4. The number of aromatic nitrogens is 1. The third kappa shape index (κ3) is 5.58. The Morgan fingerprint density at radius 2 is 2.11 bits per heavy atom. The van der Waals surface area contributed by atoms with Gasteiger partial charge in [-0.1, -0.05) is 0 Å². The van der Waals surface area contributed by atoms with Crippen molar-refractivity contribution in [3.05, 3.63) is 23.5 Å². The molecule has 0 aromatic carbocycles. The van der Waals surface area contributed by atoms with E-state index in [1.54, 1.807) is 6.92 Å². The Balaban J connectivity index is 2.38. The maximum absolute atomic E-state index is 11.9. The molecular formula is C12H16F3N3O. The number of carbonyl (C=O) groups excluding carboxylic acids is 1. The van der Waals surface area contributed by atoms with Gasteiger partial charge in [0.2, 0.25) is 0 Å². The lowest BCUT2D eigenvalue weighted by atomic mass is 10.1. The van der Waals surface area contributed by atoms with Crippen LogP contribution in [-0.2, 0) is 0 Å². The molecule has 1 rings (SSSR count). The molecule has 0 spiro atoms. The smallest absolute Gasteiger partial charge is 0.389 e. The lowest BCUT2D eigenvalue weighted by Crippen LogP contribution is -2.25. The van der Waals surface area contributed by atoms with Crippen LogP contribution < -0.4 is 11.1 Å². The van der Waals surface area contributed by atoms with Gasteiger partial charge in [-0.2, -0.15) is 13.2 Å². The number of nitrogen functional groups attached to an aromatic ring is 1. The van der Waals surface area contributed by atoms with E-state index >= 15 is 0 Å². The lowest BCUT2D eigenvalue weighted by Gasteiger charge is -2.08. The summed E-state index contributed by atoms with van der Waals surface area (Å²) in [6, 6.07) is 1.49. The van der Waals surface area contributed by atoms with Gasteiger partial charge < -0.3 is 11.1 Å². The number of nitrogens with zero attached hydrogens (tertiary/aromatic N) is 1. The third-order valence-corrected chi connectivity index (χ3v) is 2.53. The number of halogens is 3. The number of rotatable bonds is 5. The van der Waals surface area contributed by atoms with Gasteiger partial charge in [0.25, 0.3) is 5.91 Å². The number of nitrogens with two attached hydrogens (primary N) is 1. The first-order valence-corrected chi connectivity index (χ1v) is 5.86. The molecule has 1 aromatic rings. The summed E-state index contributed by atoms with van der Waals surface area (Å²) in [5, 5.41) is 2.55. The summed E-state index contributed by atoms with van der Waals surface area (Å²) in [5.41, 5.74) is 6.76. The van der Waals surface area contributed by atoms with Gasteiger partial charge in [-0.3, -0.25) is 9.78 Å². The molecule has 7 heteroatoms. The van der Waals surface area contributed by atoms with Gasteiger partial charge in [0.05, 0.1) is 23.1 Å². The molecule has 4 nitrogen and oxygen atoms in total. The van der Waals surface area contributed by atoms with Crippen LogP contribution in [0.1, 0.15) is 35.3 Å². The monoisotopic (exact) mass is 275 g/mol. The number of aryl methyl sites for hydroxylation is 1. The predicted molar refractivity (Wildman–Crippen MR) is 65.6 cm³/mol. The summed E-state index contributed by atoms with van der Waals surface area (Å²) in [5.74, 6) is -0.371. The van der Waals surface area contributed by atoms with Crippen molar-refractivity contribution in [2.24, 2.45) is 0 Å². The molecule has 0 saturated heterocycles. The topological polar surface area (TPSA) is 68.0 Å². The van der Waals surface area contributed by atoms with Gasteiger partial charge in [0, 0.05) is 13.0 Å². The Labute approximate surface area is 109 Å². The highest BCUT2D eigenvalue weighted by molar-refractivity contribution is 5.95. The van der Waals surface area contributed by atoms with E-state index in [9.17, 15) is 18.0 Å². The summed E-state index contributed by atoms with van der Waals surface area (Å²) in [6.45, 7) is 1.86. The van der Waals surface area contributed by atoms with Crippen molar-refractivity contribution >= 4 is 11.6 Å². The van der Waals surface area contributed by atoms with Crippen LogP contribution in [-0.4, -0.2) is 23.6 Å². The first-order valence-electron chi connectivity index (χ1n) is 5.86. The Hall–Kier alpha value is -1.79. The Morgan fingerprint density at radius 1 is 1.42 bits per heavy atom. The minimum Gasteiger partial charge on any atom is -0.397 e. The SMILES string of the molecule is Cc1ncc(N)cc1C(=O)NCCCCC(F)(F)F. The number of unbranched alkanes of at least 4 members (excludes halogenated alkanes) is 1. The van der Waals surface area contributed by atoms with E-state index in [2.05, 4.69) is 10.3 Å². The molecule has 0 saturated carbocycles. The number of carbonyl (C=O) groups is 1. The first-order chi connectivity index (χ1) is 8.79. The summed E-state index contributed by atoms with van der Waals surface area (Å²) in [4.78, 5) is 15.7. The highest BCUT2D eigenvalue weighted by Gasteiger charge is 2.25. The van der Waals surface area contributed by atoms with E-state index in [-0.39, 0.29) is 25.3 Å². The van der Waals surface area contributed by atoms with Crippen molar-refractivity contribution < 1.29 is 18.0 Å². The Bertz CT molecular complexity index is 446. The van der Waals surface area contributed by atoms with Gasteiger partial charge in [-0.15, -0.1) is 0 Å². The fourth-order valence-corrected chi connectivity index (χ4v) is 1.53. The van der Waals surface area contributed by atoms with Crippen LogP contribution in [0.25, 0.3) is 0 Å². The number of nitrogens with one attached hydrogen (secondary N) is 1. The molecule has 106 valence electrons. The minimum atomic E-state index is -4.14. The van der Waals surface area contributed by atoms with Crippen LogP contribution in [0.4, 0.5) is 18.9 Å². The van der Waals surface area contributed by atoms with Crippen LogP contribution in [0.3, 0.4) is 0 Å². The molecule has 1 amide bonds. The van der Waals surface area contributed by atoms with E-state index in [4.69, 9.17) is 5.73 Å². The number of pyridine rings is 1. The zero-order valence-corrected chi connectivity index (χ0v) is 10.5. The van der Waals surface area contributed by atoms with E-state index in [1.165, 1.54) is 12.3 Å². The molecule has 0 radical (unpaired) electrons. The van der Waals surface area contributed by atoms with Crippen LogP contribution in [0.15, 0.2) is 12.3 Å². The minimum absolute atomic E-state index is 0.00204. The Kier molecular flexibility index (Phi) is 5.14. The van der Waals surface area contributed by atoms with E-state index in [0.29, 0.717) is 16.9 Å². The van der Waals surface area contributed by atoms with Crippen LogP contribution >= 0.6 is 0 Å². The van der Waals surface area contributed by atoms with Gasteiger partial charge in [-0.25, -0.2) is 0 Å². The zero-order valence-electron chi connectivity index (χ0n) is 10.5. The van der Waals surface area contributed by atoms with Gasteiger partial charge >= 0.3 is 6.18 Å². The van der Waals surface area contributed by atoms with E-state index in [1.807, 2.05) is 0 Å². The Morgan fingerprint density at radius 3 is 2.74 bits per heavy atom. The molecule has 1 heterocycles. The quantitative estimate of drug-likeness (QED) is 0.811. The predicted octanol–water partition coefficient (Wildman–Crippen LogP) is 2.43. The second-order valence-corrected chi connectivity index (χ2v) is 4.23. The molecule has 0 aliphatic heterocycles. The van der Waals surface area contributed by atoms with Gasteiger partial charge in [-0.05, 0) is 25.8 Å². The molecular weight excluding hydrogens is 259 g/mol. The molecule has 0 atom stereocenters. The fourth-order valence-electron chi connectivity index (χ4n) is 1.53. The zero-order chi connectivity index (χ0) is 14.5. The van der Waals surface area contributed by atoms with Crippen LogP contribution in [0.2, 0.25) is 0 Å². The molecule has 0 aliphatic carbocycles. The van der Waals surface area contributed by atoms with Crippen molar-refractivity contribution in [1.29, 1.82) is 0 Å². The van der Waals surface area contributed by atoms with E-state index < -0.39 is 12.6 Å². The summed E-state index contributed by atoms with van der Waals surface area (Å²) >= 11 is 0. The van der Waals surface area contributed by atoms with Crippen molar-refractivity contribution in [2.45, 2.75) is 32.4 Å². The number of alkyl halides is 3. The van der Waals surface area contributed by atoms with Crippen LogP contribution in [0, 0.1) is 6.92 Å². The van der Waals surface area contributed by atoms with Crippen LogP contribution in [0.5, 0.6) is 0 Å². The number of amides is 1. The second kappa shape index (κ2) is 6.40. The van der Waals surface area contributed by atoms with Crippen molar-refractivity contribution in [3.63, 3.8) is 0 Å². The number of hydrogen-bond acceptors (Lipinski definition) is 3. The molecule has 1 aromatic heterocycles. The first kappa shape index (κ1) is 15.3. The summed E-state index contributed by atoms with van der Waals surface area (Å²) < 4.78 is 35.7. The molecule has 0 unspecified atom stereocenters. The maximum atomic E-state index is 11.9.